The summed E-state index contributed by atoms with van der Waals surface area (Å²) in [5, 5.41) is 20.5. The summed E-state index contributed by atoms with van der Waals surface area (Å²) in [6.45, 7) is 8.48. The summed E-state index contributed by atoms with van der Waals surface area (Å²) in [7, 11) is 4.04. The lowest BCUT2D eigenvalue weighted by atomic mass is 9.83. The minimum atomic E-state index is -0.156. The molecule has 0 saturated carbocycles. The molecule has 0 bridgehead atoms. The lowest BCUT2D eigenvalue weighted by Gasteiger charge is -2.36. The molecule has 0 unspecified atom stereocenters. The summed E-state index contributed by atoms with van der Waals surface area (Å²) in [4.78, 5) is 29.0. The van der Waals surface area contributed by atoms with E-state index < -0.39 is 0 Å². The van der Waals surface area contributed by atoms with E-state index in [1.165, 1.54) is 24.3 Å². The second kappa shape index (κ2) is 8.72. The number of likely N-dealkylation sites (N-methyl/N-ethyl adjacent to an activating group) is 2. The van der Waals surface area contributed by atoms with Gasteiger partial charge >= 0.3 is 0 Å². The Morgan fingerprint density at radius 2 is 1.14 bits per heavy atom. The number of hydrogen-bond acceptors (Lipinski definition) is 6. The highest BCUT2D eigenvalue weighted by Gasteiger charge is 2.34. The van der Waals surface area contributed by atoms with Gasteiger partial charge in [-0.15, -0.1) is 0 Å². The zero-order chi connectivity index (χ0) is 25.7. The van der Waals surface area contributed by atoms with Crippen molar-refractivity contribution in [3.63, 3.8) is 0 Å². The van der Waals surface area contributed by atoms with Gasteiger partial charge in [0.15, 0.2) is 0 Å². The monoisotopic (exact) mass is 480 g/mol. The van der Waals surface area contributed by atoms with Crippen molar-refractivity contribution >= 4 is 22.9 Å². The van der Waals surface area contributed by atoms with Gasteiger partial charge in [-0.25, -0.2) is 0 Å². The van der Waals surface area contributed by atoms with Crippen LogP contribution in [0.1, 0.15) is 11.1 Å². The number of fused-ring (bicyclic) bond motifs is 2. The lowest BCUT2D eigenvalue weighted by molar-refractivity contribution is -0.114. The molecule has 0 atom stereocenters. The van der Waals surface area contributed by atoms with Crippen molar-refractivity contribution < 1.29 is 19.8 Å². The van der Waals surface area contributed by atoms with Crippen molar-refractivity contribution in [3.05, 3.63) is 118 Å². The Morgan fingerprint density at radius 3 is 1.47 bits per heavy atom. The molecule has 1 aromatic rings. The summed E-state index contributed by atoms with van der Waals surface area (Å²) >= 11 is 0. The van der Waals surface area contributed by atoms with Gasteiger partial charge in [0.25, 0.3) is 0 Å². The average molecular weight is 481 g/mol. The van der Waals surface area contributed by atoms with Crippen LogP contribution in [0, 0.1) is 0 Å². The van der Waals surface area contributed by atoms with Gasteiger partial charge in [0.1, 0.15) is 11.5 Å². The zero-order valence-electron chi connectivity index (χ0n) is 20.5. The summed E-state index contributed by atoms with van der Waals surface area (Å²) in [5.74, 6) is -0.251. The number of anilines is 2. The van der Waals surface area contributed by atoms with Crippen molar-refractivity contribution in [2.45, 2.75) is 12.8 Å². The van der Waals surface area contributed by atoms with Gasteiger partial charge in [0.05, 0.1) is 22.3 Å². The van der Waals surface area contributed by atoms with E-state index in [1.807, 2.05) is 26.2 Å². The molecule has 36 heavy (non-hydrogen) atoms. The molecule has 2 N–H and O–H groups in total. The minimum Gasteiger partial charge on any atom is -0.506 e. The van der Waals surface area contributed by atoms with Crippen LogP contribution in [0.25, 0.3) is 0 Å². The lowest BCUT2D eigenvalue weighted by Crippen LogP contribution is -2.31. The van der Waals surface area contributed by atoms with Gasteiger partial charge in [-0.1, -0.05) is 25.3 Å². The van der Waals surface area contributed by atoms with Gasteiger partial charge in [-0.05, 0) is 71.6 Å². The second-order valence-corrected chi connectivity index (χ2v) is 9.60. The van der Waals surface area contributed by atoms with Gasteiger partial charge in [-0.3, -0.25) is 9.59 Å². The fourth-order valence-electron chi connectivity index (χ4n) is 5.34. The SMILES string of the molecule is C=CC=C1C(=O)C(/C=C2/Cc3cc4c(cc3N(C)C2)C/C(=C/C2=C(O)C(=CC=C)C2=O)CN4C)=C1O. The van der Waals surface area contributed by atoms with Crippen LogP contribution >= 0.6 is 0 Å². The first-order chi connectivity index (χ1) is 17.2. The second-order valence-electron chi connectivity index (χ2n) is 9.60. The number of carbonyl (C=O) groups is 2. The molecule has 2 aliphatic carbocycles. The number of rotatable bonds is 4. The number of hydrogen-bond donors (Lipinski definition) is 2. The summed E-state index contributed by atoms with van der Waals surface area (Å²) < 4.78 is 0. The highest BCUT2D eigenvalue weighted by Crippen LogP contribution is 2.40. The summed E-state index contributed by atoms with van der Waals surface area (Å²) in [6, 6.07) is 4.39. The molecule has 0 saturated heterocycles. The fourth-order valence-corrected chi connectivity index (χ4v) is 5.34. The van der Waals surface area contributed by atoms with Gasteiger partial charge < -0.3 is 20.0 Å². The number of Topliss-reactive ketones (excluding diaryl/α,β-unsaturated/α-hetero) is 2. The summed E-state index contributed by atoms with van der Waals surface area (Å²) in [6.07, 6.45) is 11.1. The quantitative estimate of drug-likeness (QED) is 0.616. The van der Waals surface area contributed by atoms with Crippen LogP contribution in [0.2, 0.25) is 0 Å². The van der Waals surface area contributed by atoms with Crippen LogP contribution < -0.4 is 9.80 Å². The normalized spacial score (nSPS) is 23.8. The minimum absolute atomic E-state index is 0.0311. The number of aliphatic hydroxyl groups is 2. The van der Waals surface area contributed by atoms with E-state index in [0.29, 0.717) is 48.2 Å². The van der Waals surface area contributed by atoms with Crippen molar-refractivity contribution in [2.24, 2.45) is 0 Å². The third-order valence-corrected chi connectivity index (χ3v) is 7.08. The molecule has 0 amide bonds. The van der Waals surface area contributed by atoms with Gasteiger partial charge in [-0.2, -0.15) is 0 Å². The Morgan fingerprint density at radius 1 is 0.750 bits per heavy atom. The number of aliphatic hydroxyl groups excluding tert-OH is 2. The van der Waals surface area contributed by atoms with Crippen LogP contribution in [0.3, 0.4) is 0 Å². The van der Waals surface area contributed by atoms with E-state index >= 15 is 0 Å². The fraction of sp³-hybridized carbons (Fsp3) is 0.200. The standard InChI is InChI=1S/C30H28N2O4/c1-5-7-21-27(33)23(28(21)34)11-17-9-19-13-26-20(14-25(19)31(3)15-17)10-18(16-32(26)4)12-24-29(35)22(8-6-2)30(24)36/h5-8,11-14,33,35H,1-2,9-10,15-16H2,3-4H3/b17-11-,18-12-,21-7?,22-8?. The Bertz CT molecular complexity index is 1340. The first-order valence-electron chi connectivity index (χ1n) is 11.8. The van der Waals surface area contributed by atoms with Crippen LogP contribution in [0.15, 0.2) is 107 Å². The van der Waals surface area contributed by atoms with Crippen molar-refractivity contribution in [2.75, 3.05) is 37.0 Å². The maximum Gasteiger partial charge on any atom is 0.200 e. The average Bonchev–Trinajstić information content (AvgIpc) is 2.86. The topological polar surface area (TPSA) is 81.1 Å². The van der Waals surface area contributed by atoms with E-state index in [9.17, 15) is 19.8 Å². The van der Waals surface area contributed by atoms with Crippen molar-refractivity contribution in [1.82, 2.24) is 0 Å². The summed E-state index contributed by atoms with van der Waals surface area (Å²) in [5.41, 5.74) is 8.03. The van der Waals surface area contributed by atoms with Gasteiger partial charge in [0.2, 0.25) is 11.6 Å². The molecule has 6 heteroatoms. The predicted octanol–water partition coefficient (Wildman–Crippen LogP) is 4.54. The Kier molecular flexibility index (Phi) is 5.67. The molecule has 2 heterocycles. The number of carbonyl (C=O) groups excluding carboxylic acids is 2. The third kappa shape index (κ3) is 3.66. The maximum atomic E-state index is 12.4. The Labute approximate surface area is 210 Å². The molecule has 0 spiro atoms. The number of nitrogens with zero attached hydrogens (tertiary/aromatic N) is 2. The van der Waals surface area contributed by atoms with E-state index in [4.69, 9.17) is 0 Å². The Hall–Kier alpha value is -4.32. The van der Waals surface area contributed by atoms with E-state index in [-0.39, 0.29) is 23.1 Å². The highest BCUT2D eigenvalue weighted by atomic mass is 16.3. The first kappa shape index (κ1) is 23.4. The maximum absolute atomic E-state index is 12.4. The largest absolute Gasteiger partial charge is 0.506 e. The highest BCUT2D eigenvalue weighted by molar-refractivity contribution is 6.21. The van der Waals surface area contributed by atoms with Gasteiger partial charge in [0, 0.05) is 38.6 Å². The zero-order valence-corrected chi connectivity index (χ0v) is 20.5. The van der Waals surface area contributed by atoms with E-state index in [2.05, 4.69) is 35.1 Å². The number of ketones is 2. The molecule has 1 aromatic carbocycles. The molecular formula is C30H28N2O4. The van der Waals surface area contributed by atoms with Crippen molar-refractivity contribution in [1.29, 1.82) is 0 Å². The van der Waals surface area contributed by atoms with E-state index in [0.717, 1.165) is 33.6 Å². The van der Waals surface area contributed by atoms with Crippen molar-refractivity contribution in [3.8, 4) is 0 Å². The smallest absolute Gasteiger partial charge is 0.200 e. The van der Waals surface area contributed by atoms with Crippen LogP contribution in [0.5, 0.6) is 0 Å². The molecule has 182 valence electrons. The molecule has 0 radical (unpaired) electrons. The first-order valence-corrected chi connectivity index (χ1v) is 11.8. The number of benzene rings is 1. The van der Waals surface area contributed by atoms with Crippen LogP contribution in [-0.4, -0.2) is 49.0 Å². The molecular weight excluding hydrogens is 452 g/mol. The Balaban J connectivity index is 1.43. The molecule has 4 aliphatic rings. The molecule has 0 aromatic heterocycles. The molecule has 6 nitrogen and oxygen atoms in total. The molecule has 2 aliphatic heterocycles. The van der Waals surface area contributed by atoms with E-state index in [1.54, 1.807) is 0 Å². The molecule has 5 rings (SSSR count). The number of allylic oxidation sites excluding steroid dienone is 10. The third-order valence-electron chi connectivity index (χ3n) is 7.08. The predicted molar refractivity (Wildman–Crippen MR) is 142 cm³/mol. The van der Waals surface area contributed by atoms with Crippen LogP contribution in [-0.2, 0) is 22.4 Å². The van der Waals surface area contributed by atoms with Crippen LogP contribution in [0.4, 0.5) is 11.4 Å². The molecule has 0 fully saturated rings.